The molecule has 2 aromatic rings. The maximum atomic E-state index is 12.2. The molecule has 2 rings (SSSR count). The minimum Gasteiger partial charge on any atom is -0.483 e. The quantitative estimate of drug-likeness (QED) is 0.499. The van der Waals surface area contributed by atoms with Crippen molar-refractivity contribution in [2.45, 2.75) is 13.5 Å². The SMILES string of the molecule is CNC(=O)COc1cc(C(=N)N)ccc1CN(C(C)=O)c1cccc(Cl)c1. The molecular weight excluding hydrogens is 368 g/mol. The number of anilines is 1. The van der Waals surface area contributed by atoms with Crippen molar-refractivity contribution in [3.05, 3.63) is 58.6 Å². The molecule has 0 fully saturated rings. The van der Waals surface area contributed by atoms with Crippen molar-refractivity contribution in [1.82, 2.24) is 5.32 Å². The summed E-state index contributed by atoms with van der Waals surface area (Å²) >= 11 is 6.04. The summed E-state index contributed by atoms with van der Waals surface area (Å²) in [5, 5.41) is 10.6. The first-order chi connectivity index (χ1) is 12.8. The number of carbonyl (C=O) groups excluding carboxylic acids is 2. The Kier molecular flexibility index (Phi) is 6.79. The van der Waals surface area contributed by atoms with Gasteiger partial charge in [0.2, 0.25) is 5.91 Å². The first-order valence-corrected chi connectivity index (χ1v) is 8.54. The van der Waals surface area contributed by atoms with Gasteiger partial charge in [0.1, 0.15) is 11.6 Å². The Bertz CT molecular complexity index is 870. The standard InChI is InChI=1S/C19H21ClN4O3/c1-12(25)24(16-5-3-4-15(20)9-16)10-14-7-6-13(19(21)22)8-17(14)27-11-18(26)23-2/h3-9H,10-11H2,1-2H3,(H3,21,22)(H,23,26). The van der Waals surface area contributed by atoms with Crippen molar-refractivity contribution in [3.63, 3.8) is 0 Å². The second-order valence-electron chi connectivity index (χ2n) is 5.78. The average molecular weight is 389 g/mol. The molecule has 4 N–H and O–H groups in total. The molecule has 0 spiro atoms. The number of amidine groups is 1. The highest BCUT2D eigenvalue weighted by molar-refractivity contribution is 6.30. The Morgan fingerprint density at radius 3 is 2.59 bits per heavy atom. The van der Waals surface area contributed by atoms with E-state index in [1.807, 2.05) is 0 Å². The van der Waals surface area contributed by atoms with Crippen LogP contribution in [0.15, 0.2) is 42.5 Å². The third kappa shape index (κ3) is 5.46. The summed E-state index contributed by atoms with van der Waals surface area (Å²) in [7, 11) is 1.51. The van der Waals surface area contributed by atoms with Crippen molar-refractivity contribution < 1.29 is 14.3 Å². The average Bonchev–Trinajstić information content (AvgIpc) is 2.64. The molecule has 7 nitrogen and oxygen atoms in total. The largest absolute Gasteiger partial charge is 0.483 e. The Morgan fingerprint density at radius 2 is 2.00 bits per heavy atom. The van der Waals surface area contributed by atoms with Gasteiger partial charge in [0.25, 0.3) is 5.91 Å². The molecule has 2 aromatic carbocycles. The van der Waals surface area contributed by atoms with Crippen molar-refractivity contribution in [2.24, 2.45) is 5.73 Å². The number of hydrogen-bond donors (Lipinski definition) is 3. The minimum atomic E-state index is -0.299. The number of nitrogen functional groups attached to an aromatic ring is 1. The first kappa shape index (κ1) is 20.3. The molecule has 0 saturated carbocycles. The van der Waals surface area contributed by atoms with Crippen LogP contribution in [0.5, 0.6) is 5.75 Å². The normalized spacial score (nSPS) is 10.2. The van der Waals surface area contributed by atoms with Gasteiger partial charge in [-0.1, -0.05) is 29.8 Å². The zero-order valence-electron chi connectivity index (χ0n) is 15.1. The Morgan fingerprint density at radius 1 is 1.26 bits per heavy atom. The van der Waals surface area contributed by atoms with Crippen molar-refractivity contribution in [2.75, 3.05) is 18.6 Å². The van der Waals surface area contributed by atoms with Crippen LogP contribution >= 0.6 is 11.6 Å². The lowest BCUT2D eigenvalue weighted by molar-refractivity contribution is -0.122. The topological polar surface area (TPSA) is 109 Å². The van der Waals surface area contributed by atoms with Crippen LogP contribution < -0.4 is 20.7 Å². The summed E-state index contributed by atoms with van der Waals surface area (Å²) < 4.78 is 5.59. The Labute approximate surface area is 162 Å². The third-order valence-corrected chi connectivity index (χ3v) is 4.08. The Balaban J connectivity index is 2.37. The highest BCUT2D eigenvalue weighted by Crippen LogP contribution is 2.26. The third-order valence-electron chi connectivity index (χ3n) is 3.84. The molecule has 0 bridgehead atoms. The van der Waals surface area contributed by atoms with Crippen LogP contribution in [0.1, 0.15) is 18.1 Å². The first-order valence-electron chi connectivity index (χ1n) is 8.16. The molecule has 8 heteroatoms. The predicted octanol–water partition coefficient (Wildman–Crippen LogP) is 2.30. The molecule has 27 heavy (non-hydrogen) atoms. The minimum absolute atomic E-state index is 0.121. The second-order valence-corrected chi connectivity index (χ2v) is 6.22. The smallest absolute Gasteiger partial charge is 0.257 e. The highest BCUT2D eigenvalue weighted by atomic mass is 35.5. The fraction of sp³-hybridized carbons (Fsp3) is 0.211. The molecule has 0 radical (unpaired) electrons. The molecule has 2 amide bonds. The number of ether oxygens (including phenoxy) is 1. The van der Waals surface area contributed by atoms with Gasteiger partial charge in [-0.15, -0.1) is 0 Å². The summed E-state index contributed by atoms with van der Waals surface area (Å²) in [6.07, 6.45) is 0. The number of carbonyl (C=O) groups is 2. The fourth-order valence-corrected chi connectivity index (χ4v) is 2.59. The lowest BCUT2D eigenvalue weighted by Crippen LogP contribution is -2.29. The maximum Gasteiger partial charge on any atom is 0.257 e. The predicted molar refractivity (Wildman–Crippen MR) is 105 cm³/mol. The van der Waals surface area contributed by atoms with Gasteiger partial charge >= 0.3 is 0 Å². The van der Waals surface area contributed by atoms with E-state index < -0.39 is 0 Å². The van der Waals surface area contributed by atoms with E-state index in [4.69, 9.17) is 27.5 Å². The maximum absolute atomic E-state index is 12.2. The van der Waals surface area contributed by atoms with Gasteiger partial charge in [0, 0.05) is 35.8 Å². The number of nitrogens with zero attached hydrogens (tertiary/aromatic N) is 1. The van der Waals surface area contributed by atoms with E-state index in [1.165, 1.54) is 14.0 Å². The van der Waals surface area contributed by atoms with Gasteiger partial charge in [0.15, 0.2) is 6.61 Å². The van der Waals surface area contributed by atoms with Crippen LogP contribution in [0.3, 0.4) is 0 Å². The van der Waals surface area contributed by atoms with Crippen LogP contribution in [-0.2, 0) is 16.1 Å². The molecule has 0 aliphatic carbocycles. The van der Waals surface area contributed by atoms with Crippen LogP contribution in [0.2, 0.25) is 5.02 Å². The molecular formula is C19H21ClN4O3. The van der Waals surface area contributed by atoms with Crippen LogP contribution in [0.4, 0.5) is 5.69 Å². The summed E-state index contributed by atoms with van der Waals surface area (Å²) in [4.78, 5) is 25.2. The van der Waals surface area contributed by atoms with Gasteiger partial charge in [-0.25, -0.2) is 0 Å². The highest BCUT2D eigenvalue weighted by Gasteiger charge is 2.17. The van der Waals surface area contributed by atoms with Gasteiger partial charge < -0.3 is 20.7 Å². The van der Waals surface area contributed by atoms with Gasteiger partial charge in [0.05, 0.1) is 6.54 Å². The van der Waals surface area contributed by atoms with E-state index in [2.05, 4.69) is 5.32 Å². The zero-order chi connectivity index (χ0) is 20.0. The molecule has 0 aliphatic heterocycles. The van der Waals surface area contributed by atoms with Crippen molar-refractivity contribution in [3.8, 4) is 5.75 Å². The number of amides is 2. The lowest BCUT2D eigenvalue weighted by atomic mass is 10.1. The van der Waals surface area contributed by atoms with Crippen LogP contribution in [0, 0.1) is 5.41 Å². The molecule has 0 aromatic heterocycles. The summed E-state index contributed by atoms with van der Waals surface area (Å²) in [5.41, 5.74) is 7.31. The number of nitrogens with two attached hydrogens (primary N) is 1. The van der Waals surface area contributed by atoms with Crippen molar-refractivity contribution in [1.29, 1.82) is 5.41 Å². The number of benzene rings is 2. The van der Waals surface area contributed by atoms with E-state index in [9.17, 15) is 9.59 Å². The number of rotatable bonds is 7. The van der Waals surface area contributed by atoms with Gasteiger partial charge in [-0.05, 0) is 24.3 Å². The van der Waals surface area contributed by atoms with E-state index >= 15 is 0 Å². The molecule has 0 aliphatic rings. The number of halogens is 1. The number of likely N-dealkylation sites (N-methyl/N-ethyl adjacent to an activating group) is 1. The van der Waals surface area contributed by atoms with Crippen LogP contribution in [-0.4, -0.2) is 31.3 Å². The van der Waals surface area contributed by atoms with Gasteiger partial charge in [-0.2, -0.15) is 0 Å². The second kappa shape index (κ2) is 9.05. The van der Waals surface area contributed by atoms with Gasteiger partial charge in [-0.3, -0.25) is 15.0 Å². The molecule has 0 heterocycles. The number of hydrogen-bond acceptors (Lipinski definition) is 4. The number of nitrogens with one attached hydrogen (secondary N) is 2. The monoisotopic (exact) mass is 388 g/mol. The molecule has 0 saturated heterocycles. The molecule has 142 valence electrons. The summed E-state index contributed by atoms with van der Waals surface area (Å²) in [6.45, 7) is 1.47. The summed E-state index contributed by atoms with van der Waals surface area (Å²) in [6, 6.07) is 11.9. The van der Waals surface area contributed by atoms with Crippen LogP contribution in [0.25, 0.3) is 0 Å². The molecule has 0 atom stereocenters. The van der Waals surface area contributed by atoms with E-state index in [-0.39, 0.29) is 30.8 Å². The molecule has 0 unspecified atom stereocenters. The Hall–Kier alpha value is -3.06. The lowest BCUT2D eigenvalue weighted by Gasteiger charge is -2.23. The summed E-state index contributed by atoms with van der Waals surface area (Å²) in [5.74, 6) is -0.221. The van der Waals surface area contributed by atoms with E-state index in [0.29, 0.717) is 27.6 Å². The fourth-order valence-electron chi connectivity index (χ4n) is 2.40. The van der Waals surface area contributed by atoms with Crippen molar-refractivity contribution >= 4 is 34.9 Å². The zero-order valence-corrected chi connectivity index (χ0v) is 15.8. The van der Waals surface area contributed by atoms with E-state index in [1.54, 1.807) is 47.4 Å². The van der Waals surface area contributed by atoms with E-state index in [0.717, 1.165) is 0 Å².